The number of Topliss-reactive ketones (excluding diaryl/α,β-unsaturated/α-hetero) is 1. The lowest BCUT2D eigenvalue weighted by atomic mass is 9.51. The highest BCUT2D eigenvalue weighted by molar-refractivity contribution is 5.84. The molecule has 5 aliphatic rings. The van der Waals surface area contributed by atoms with Crippen LogP contribution >= 0.6 is 0 Å². The van der Waals surface area contributed by atoms with Crippen molar-refractivity contribution in [3.8, 4) is 0 Å². The molecule has 1 heterocycles. The Morgan fingerprint density at radius 3 is 2.79 bits per heavy atom. The lowest BCUT2D eigenvalue weighted by molar-refractivity contribution is -0.131. The molecule has 0 radical (unpaired) electrons. The van der Waals surface area contributed by atoms with Crippen LogP contribution in [0.1, 0.15) is 65.2 Å². The summed E-state index contributed by atoms with van der Waals surface area (Å²) in [5.41, 5.74) is 2.07. The second-order valence-electron chi connectivity index (χ2n) is 11.0. The molecule has 7 unspecified atom stereocenters. The maximum Gasteiger partial charge on any atom is 0.150 e. The Balaban J connectivity index is 1.30. The molecule has 28 heavy (non-hydrogen) atoms. The largest absolute Gasteiger partial charge is 0.379 e. The summed E-state index contributed by atoms with van der Waals surface area (Å²) in [6, 6.07) is 0. The first-order valence-corrected chi connectivity index (χ1v) is 12.1. The number of hydrogen-bond acceptors (Lipinski definition) is 3. The molecule has 0 spiro atoms. The summed E-state index contributed by atoms with van der Waals surface area (Å²) in [7, 11) is 0. The number of allylic oxidation sites excluding steroid dienone is 2. The summed E-state index contributed by atoms with van der Waals surface area (Å²) >= 11 is 0. The number of ketones is 1. The molecule has 0 amide bonds. The van der Waals surface area contributed by atoms with Crippen LogP contribution in [0.2, 0.25) is 0 Å². The zero-order valence-electron chi connectivity index (χ0n) is 18.0. The van der Waals surface area contributed by atoms with Crippen LogP contribution in [0.5, 0.6) is 0 Å². The first-order chi connectivity index (χ1) is 13.6. The van der Waals surface area contributed by atoms with E-state index in [2.05, 4.69) is 24.8 Å². The molecule has 1 saturated heterocycles. The van der Waals surface area contributed by atoms with E-state index in [-0.39, 0.29) is 5.41 Å². The molecular weight excluding hydrogens is 346 g/mol. The summed E-state index contributed by atoms with van der Waals surface area (Å²) in [6.07, 6.45) is 13.3. The van der Waals surface area contributed by atoms with Crippen LogP contribution in [0, 0.1) is 40.9 Å². The predicted octanol–water partition coefficient (Wildman–Crippen LogP) is 4.71. The fourth-order valence-electron chi connectivity index (χ4n) is 8.09. The molecule has 0 aromatic heterocycles. The molecule has 7 atom stereocenters. The van der Waals surface area contributed by atoms with Gasteiger partial charge in [0.1, 0.15) is 5.78 Å². The van der Waals surface area contributed by atoms with Gasteiger partial charge in [-0.15, -0.1) is 0 Å². The number of hydrogen-bond donors (Lipinski definition) is 0. The smallest absolute Gasteiger partial charge is 0.150 e. The van der Waals surface area contributed by atoms with Gasteiger partial charge >= 0.3 is 0 Å². The number of rotatable bonds is 3. The number of fused-ring (bicyclic) bond motifs is 5. The maximum atomic E-state index is 13.3. The molecule has 4 aliphatic carbocycles. The van der Waals surface area contributed by atoms with Gasteiger partial charge in [-0.25, -0.2) is 0 Å². The highest BCUT2D eigenvalue weighted by atomic mass is 16.5. The highest BCUT2D eigenvalue weighted by Crippen LogP contribution is 2.63. The molecule has 1 aliphatic heterocycles. The fraction of sp³-hybridized carbons (Fsp3) is 0.880. The van der Waals surface area contributed by atoms with Crippen LogP contribution in [0.15, 0.2) is 11.6 Å². The van der Waals surface area contributed by atoms with Crippen LogP contribution in [0.3, 0.4) is 0 Å². The zero-order valence-corrected chi connectivity index (χ0v) is 18.0. The van der Waals surface area contributed by atoms with E-state index >= 15 is 0 Å². The topological polar surface area (TPSA) is 29.5 Å². The van der Waals surface area contributed by atoms with Crippen molar-refractivity contribution in [2.75, 3.05) is 32.8 Å². The molecule has 0 aromatic rings. The second-order valence-corrected chi connectivity index (χ2v) is 11.0. The van der Waals surface area contributed by atoms with Gasteiger partial charge in [0.25, 0.3) is 0 Å². The van der Waals surface area contributed by atoms with Gasteiger partial charge in [-0.3, -0.25) is 9.69 Å². The van der Waals surface area contributed by atoms with E-state index in [9.17, 15) is 4.79 Å². The molecule has 0 N–H and O–H groups in total. The Morgan fingerprint density at radius 1 is 1.14 bits per heavy atom. The standard InChI is InChI=1S/C25H39NO2/c1-17-3-5-19-18(15-17)4-6-21-20(19)9-10-25(2)22(21)7-8-23(25)24(27)16-26-11-13-28-14-12-26/h4,17,19-23H,3,5-16H2,1-2H3. The van der Waals surface area contributed by atoms with Crippen molar-refractivity contribution in [1.82, 2.24) is 4.90 Å². The third-order valence-corrected chi connectivity index (χ3v) is 9.56. The van der Waals surface area contributed by atoms with Gasteiger partial charge in [0.2, 0.25) is 0 Å². The van der Waals surface area contributed by atoms with E-state index in [0.717, 1.165) is 62.3 Å². The van der Waals surface area contributed by atoms with E-state index in [1.54, 1.807) is 5.57 Å². The van der Waals surface area contributed by atoms with Gasteiger partial charge in [0.05, 0.1) is 19.8 Å². The van der Waals surface area contributed by atoms with Gasteiger partial charge in [0.15, 0.2) is 0 Å². The van der Waals surface area contributed by atoms with Gasteiger partial charge in [0, 0.05) is 19.0 Å². The van der Waals surface area contributed by atoms with Gasteiger partial charge in [-0.2, -0.15) is 0 Å². The molecule has 0 bridgehead atoms. The molecule has 3 heteroatoms. The minimum Gasteiger partial charge on any atom is -0.379 e. The van der Waals surface area contributed by atoms with Gasteiger partial charge in [-0.05, 0) is 86.4 Å². The van der Waals surface area contributed by atoms with Crippen molar-refractivity contribution in [2.45, 2.75) is 65.2 Å². The van der Waals surface area contributed by atoms with Crippen LogP contribution < -0.4 is 0 Å². The SMILES string of the molecule is CC1CCC2C(=CCC3C2CCC2(C)C(C(=O)CN4CCOCC4)CCC32)C1. The third kappa shape index (κ3) is 3.21. The Hall–Kier alpha value is -0.670. The molecule has 5 rings (SSSR count). The van der Waals surface area contributed by atoms with Crippen molar-refractivity contribution < 1.29 is 9.53 Å². The first-order valence-electron chi connectivity index (χ1n) is 12.1. The lowest BCUT2D eigenvalue weighted by Gasteiger charge is -2.53. The average Bonchev–Trinajstić information content (AvgIpc) is 3.05. The summed E-state index contributed by atoms with van der Waals surface area (Å²) in [5, 5.41) is 0. The molecule has 156 valence electrons. The van der Waals surface area contributed by atoms with Crippen molar-refractivity contribution in [2.24, 2.45) is 40.9 Å². The highest BCUT2D eigenvalue weighted by Gasteiger charge is 2.57. The summed E-state index contributed by atoms with van der Waals surface area (Å²) < 4.78 is 5.46. The van der Waals surface area contributed by atoms with Crippen molar-refractivity contribution in [3.05, 3.63) is 11.6 Å². The van der Waals surface area contributed by atoms with Crippen molar-refractivity contribution in [1.29, 1.82) is 0 Å². The van der Waals surface area contributed by atoms with Crippen molar-refractivity contribution >= 4 is 5.78 Å². The molecule has 3 saturated carbocycles. The summed E-state index contributed by atoms with van der Waals surface area (Å²) in [6.45, 7) is 9.02. The Labute approximate surface area is 171 Å². The molecular formula is C25H39NO2. The summed E-state index contributed by atoms with van der Waals surface area (Å²) in [4.78, 5) is 15.6. The predicted molar refractivity (Wildman–Crippen MR) is 112 cm³/mol. The fourth-order valence-corrected chi connectivity index (χ4v) is 8.09. The van der Waals surface area contributed by atoms with E-state index < -0.39 is 0 Å². The van der Waals surface area contributed by atoms with E-state index in [1.807, 2.05) is 0 Å². The quantitative estimate of drug-likeness (QED) is 0.659. The van der Waals surface area contributed by atoms with Gasteiger partial charge < -0.3 is 4.74 Å². The number of nitrogens with zero attached hydrogens (tertiary/aromatic N) is 1. The number of morpholine rings is 1. The average molecular weight is 386 g/mol. The van der Waals surface area contributed by atoms with Gasteiger partial charge in [-0.1, -0.05) is 25.5 Å². The first kappa shape index (κ1) is 19.3. The van der Waals surface area contributed by atoms with E-state index in [1.165, 1.54) is 44.9 Å². The Bertz CT molecular complexity index is 636. The van der Waals surface area contributed by atoms with Crippen LogP contribution in [-0.2, 0) is 9.53 Å². The van der Waals surface area contributed by atoms with Crippen molar-refractivity contribution in [3.63, 3.8) is 0 Å². The Kier molecular flexibility index (Phi) is 5.20. The number of carbonyl (C=O) groups excluding carboxylic acids is 1. The Morgan fingerprint density at radius 2 is 1.96 bits per heavy atom. The monoisotopic (exact) mass is 385 g/mol. The van der Waals surface area contributed by atoms with Crippen LogP contribution in [0.4, 0.5) is 0 Å². The summed E-state index contributed by atoms with van der Waals surface area (Å²) in [5.74, 6) is 5.15. The van der Waals surface area contributed by atoms with Crippen LogP contribution in [-0.4, -0.2) is 43.5 Å². The van der Waals surface area contributed by atoms with E-state index in [0.29, 0.717) is 18.2 Å². The minimum atomic E-state index is 0.262. The number of ether oxygens (including phenoxy) is 1. The normalized spacial score (nSPS) is 46.3. The molecule has 4 fully saturated rings. The zero-order chi connectivity index (χ0) is 19.3. The molecule has 0 aromatic carbocycles. The maximum absolute atomic E-state index is 13.3. The number of carbonyl (C=O) groups is 1. The third-order valence-electron chi connectivity index (χ3n) is 9.56. The molecule has 3 nitrogen and oxygen atoms in total. The van der Waals surface area contributed by atoms with Crippen LogP contribution in [0.25, 0.3) is 0 Å². The second kappa shape index (κ2) is 7.54. The lowest BCUT2D eigenvalue weighted by Crippen LogP contribution is -2.48. The minimum absolute atomic E-state index is 0.262. The van der Waals surface area contributed by atoms with E-state index in [4.69, 9.17) is 4.74 Å².